The molecule has 2 heteroatoms. The Morgan fingerprint density at radius 3 is 2.44 bits per heavy atom. The molecule has 16 heavy (non-hydrogen) atoms. The van der Waals surface area contributed by atoms with Gasteiger partial charge in [0.2, 0.25) is 0 Å². The molecule has 0 spiro atoms. The molecule has 0 atom stereocenters. The van der Waals surface area contributed by atoms with Crippen LogP contribution in [0.1, 0.15) is 52.4 Å². The van der Waals surface area contributed by atoms with Crippen LogP contribution >= 0.6 is 0 Å². The Balaban J connectivity index is 1.90. The molecule has 1 rings (SSSR count). The van der Waals surface area contributed by atoms with Crippen molar-refractivity contribution < 1.29 is 0 Å². The van der Waals surface area contributed by atoms with Crippen molar-refractivity contribution in [3.8, 4) is 0 Å². The fourth-order valence-electron chi connectivity index (χ4n) is 2.51. The molecule has 0 aliphatic carbocycles. The van der Waals surface area contributed by atoms with Crippen molar-refractivity contribution in [2.45, 2.75) is 52.4 Å². The molecule has 1 heterocycles. The Morgan fingerprint density at radius 2 is 1.81 bits per heavy atom. The second-order valence-electron chi connectivity index (χ2n) is 5.15. The average Bonchev–Trinajstić information content (AvgIpc) is 2.34. The van der Waals surface area contributed by atoms with Crippen LogP contribution in [0.2, 0.25) is 0 Å². The lowest BCUT2D eigenvalue weighted by Crippen LogP contribution is -2.34. The first kappa shape index (κ1) is 14.0. The molecule has 0 saturated carbocycles. The number of unbranched alkanes of at least 4 members (excludes halogenated alkanes) is 1. The summed E-state index contributed by atoms with van der Waals surface area (Å²) in [6.45, 7) is 11.0. The highest BCUT2D eigenvalue weighted by Gasteiger charge is 2.16. The fourth-order valence-corrected chi connectivity index (χ4v) is 2.51. The largest absolute Gasteiger partial charge is 0.317 e. The first-order chi connectivity index (χ1) is 7.86. The molecule has 0 aromatic heterocycles. The van der Waals surface area contributed by atoms with E-state index in [-0.39, 0.29) is 0 Å². The van der Waals surface area contributed by atoms with E-state index >= 15 is 0 Å². The van der Waals surface area contributed by atoms with Gasteiger partial charge in [-0.2, -0.15) is 0 Å². The SMILES string of the molecule is CCCNCCCCN1CCC(CC)CC1. The maximum atomic E-state index is 3.47. The summed E-state index contributed by atoms with van der Waals surface area (Å²) in [5.74, 6) is 1.02. The normalized spacial score (nSPS) is 19.1. The Morgan fingerprint density at radius 1 is 1.06 bits per heavy atom. The Labute approximate surface area is 102 Å². The predicted molar refractivity (Wildman–Crippen MR) is 71.8 cm³/mol. The van der Waals surface area contributed by atoms with Crippen LogP contribution in [0.3, 0.4) is 0 Å². The second-order valence-corrected chi connectivity index (χ2v) is 5.15. The molecule has 1 aliphatic heterocycles. The lowest BCUT2D eigenvalue weighted by molar-refractivity contribution is 0.179. The van der Waals surface area contributed by atoms with E-state index in [9.17, 15) is 0 Å². The van der Waals surface area contributed by atoms with Crippen molar-refractivity contribution in [2.75, 3.05) is 32.7 Å². The average molecular weight is 226 g/mol. The molecular weight excluding hydrogens is 196 g/mol. The zero-order valence-corrected chi connectivity index (χ0v) is 11.3. The van der Waals surface area contributed by atoms with Gasteiger partial charge in [0.1, 0.15) is 0 Å². The van der Waals surface area contributed by atoms with E-state index < -0.39 is 0 Å². The molecule has 0 amide bonds. The molecule has 1 fully saturated rings. The summed E-state index contributed by atoms with van der Waals surface area (Å²) in [6, 6.07) is 0. The van der Waals surface area contributed by atoms with Gasteiger partial charge in [-0.15, -0.1) is 0 Å². The van der Waals surface area contributed by atoms with Crippen LogP contribution < -0.4 is 5.32 Å². The number of nitrogens with one attached hydrogen (secondary N) is 1. The van der Waals surface area contributed by atoms with Gasteiger partial charge in [0, 0.05) is 0 Å². The van der Waals surface area contributed by atoms with Crippen LogP contribution in [0, 0.1) is 5.92 Å². The number of hydrogen-bond acceptors (Lipinski definition) is 2. The van der Waals surface area contributed by atoms with Gasteiger partial charge >= 0.3 is 0 Å². The summed E-state index contributed by atoms with van der Waals surface area (Å²) in [7, 11) is 0. The van der Waals surface area contributed by atoms with Gasteiger partial charge in [0.15, 0.2) is 0 Å². The minimum atomic E-state index is 1.02. The number of rotatable bonds is 8. The summed E-state index contributed by atoms with van der Waals surface area (Å²) in [5.41, 5.74) is 0. The topological polar surface area (TPSA) is 15.3 Å². The number of likely N-dealkylation sites (tertiary alicyclic amines) is 1. The molecule has 96 valence electrons. The first-order valence-electron chi connectivity index (χ1n) is 7.29. The Hall–Kier alpha value is -0.0800. The van der Waals surface area contributed by atoms with Crippen LogP contribution in [0.5, 0.6) is 0 Å². The summed E-state index contributed by atoms with van der Waals surface area (Å²) in [4.78, 5) is 2.66. The minimum Gasteiger partial charge on any atom is -0.317 e. The van der Waals surface area contributed by atoms with E-state index in [0.717, 1.165) is 5.92 Å². The van der Waals surface area contributed by atoms with Crippen molar-refractivity contribution in [1.29, 1.82) is 0 Å². The smallest absolute Gasteiger partial charge is 0.00161 e. The predicted octanol–water partition coefficient (Wildman–Crippen LogP) is 2.89. The molecule has 1 N–H and O–H groups in total. The number of hydrogen-bond donors (Lipinski definition) is 1. The molecule has 0 radical (unpaired) electrons. The quantitative estimate of drug-likeness (QED) is 0.640. The molecule has 0 aromatic carbocycles. The highest BCUT2D eigenvalue weighted by Crippen LogP contribution is 2.19. The Bertz CT molecular complexity index is 151. The van der Waals surface area contributed by atoms with Crippen molar-refractivity contribution in [2.24, 2.45) is 5.92 Å². The van der Waals surface area contributed by atoms with Crippen molar-refractivity contribution in [1.82, 2.24) is 10.2 Å². The lowest BCUT2D eigenvalue weighted by Gasteiger charge is -2.31. The summed E-state index contributed by atoms with van der Waals surface area (Å²) >= 11 is 0. The van der Waals surface area contributed by atoms with Crippen LogP contribution in [0.25, 0.3) is 0 Å². The minimum absolute atomic E-state index is 1.02. The molecule has 2 nitrogen and oxygen atoms in total. The van der Waals surface area contributed by atoms with E-state index in [4.69, 9.17) is 0 Å². The van der Waals surface area contributed by atoms with Crippen LogP contribution in [-0.4, -0.2) is 37.6 Å². The van der Waals surface area contributed by atoms with E-state index in [1.165, 1.54) is 71.2 Å². The molecule has 1 saturated heterocycles. The highest BCUT2D eigenvalue weighted by atomic mass is 15.1. The standard InChI is InChI=1S/C14H30N2/c1-3-9-15-10-5-6-11-16-12-7-14(4-2)8-13-16/h14-15H,3-13H2,1-2H3. The monoisotopic (exact) mass is 226 g/mol. The van der Waals surface area contributed by atoms with E-state index in [1.807, 2.05) is 0 Å². The summed E-state index contributed by atoms with van der Waals surface area (Å²) in [6.07, 6.45) is 8.22. The van der Waals surface area contributed by atoms with E-state index in [0.29, 0.717) is 0 Å². The molecular formula is C14H30N2. The van der Waals surface area contributed by atoms with Gasteiger partial charge in [0.05, 0.1) is 0 Å². The van der Waals surface area contributed by atoms with Crippen molar-refractivity contribution in [3.05, 3.63) is 0 Å². The van der Waals surface area contributed by atoms with Crippen LogP contribution in [-0.2, 0) is 0 Å². The molecule has 1 aliphatic rings. The Kier molecular flexibility index (Phi) is 7.87. The maximum absolute atomic E-state index is 3.47. The molecule has 0 unspecified atom stereocenters. The van der Waals surface area contributed by atoms with Gasteiger partial charge in [-0.1, -0.05) is 20.3 Å². The van der Waals surface area contributed by atoms with E-state index in [2.05, 4.69) is 24.1 Å². The van der Waals surface area contributed by atoms with Gasteiger partial charge in [0.25, 0.3) is 0 Å². The lowest BCUT2D eigenvalue weighted by atomic mass is 9.94. The third kappa shape index (κ3) is 5.86. The number of piperidine rings is 1. The highest BCUT2D eigenvalue weighted by molar-refractivity contribution is 4.71. The van der Waals surface area contributed by atoms with Gasteiger partial charge < -0.3 is 10.2 Å². The van der Waals surface area contributed by atoms with Crippen LogP contribution in [0.4, 0.5) is 0 Å². The summed E-state index contributed by atoms with van der Waals surface area (Å²) < 4.78 is 0. The molecule has 0 bridgehead atoms. The van der Waals surface area contributed by atoms with Crippen LogP contribution in [0.15, 0.2) is 0 Å². The zero-order chi connectivity index (χ0) is 11.6. The fraction of sp³-hybridized carbons (Fsp3) is 1.00. The number of nitrogens with zero attached hydrogens (tertiary/aromatic N) is 1. The van der Waals surface area contributed by atoms with Gasteiger partial charge in [-0.25, -0.2) is 0 Å². The summed E-state index contributed by atoms with van der Waals surface area (Å²) in [5, 5.41) is 3.47. The second kappa shape index (κ2) is 9.00. The first-order valence-corrected chi connectivity index (χ1v) is 7.29. The zero-order valence-electron chi connectivity index (χ0n) is 11.3. The maximum Gasteiger partial charge on any atom is -0.00161 e. The van der Waals surface area contributed by atoms with Crippen molar-refractivity contribution in [3.63, 3.8) is 0 Å². The third-order valence-corrected chi connectivity index (χ3v) is 3.79. The van der Waals surface area contributed by atoms with Gasteiger partial charge in [-0.05, 0) is 70.7 Å². The molecule has 0 aromatic rings. The third-order valence-electron chi connectivity index (χ3n) is 3.79. The van der Waals surface area contributed by atoms with Crippen molar-refractivity contribution >= 4 is 0 Å². The van der Waals surface area contributed by atoms with Gasteiger partial charge in [-0.3, -0.25) is 0 Å². The van der Waals surface area contributed by atoms with E-state index in [1.54, 1.807) is 0 Å².